The molecule has 1 rings (SSSR count). The normalized spacial score (nSPS) is 11.9. The highest BCUT2D eigenvalue weighted by Gasteiger charge is 2.19. The number of rotatable bonds is 4. The first-order valence-electron chi connectivity index (χ1n) is 5.04. The van der Waals surface area contributed by atoms with E-state index in [0.29, 0.717) is 12.1 Å². The van der Waals surface area contributed by atoms with E-state index in [1.807, 2.05) is 0 Å². The van der Waals surface area contributed by atoms with Gasteiger partial charge in [0.2, 0.25) is 0 Å². The lowest BCUT2D eigenvalue weighted by Gasteiger charge is -2.13. The molecule has 1 aromatic rings. The number of benzene rings is 1. The third-order valence-electron chi connectivity index (χ3n) is 2.27. The lowest BCUT2D eigenvalue weighted by molar-refractivity contribution is -0.139. The van der Waals surface area contributed by atoms with Gasteiger partial charge in [0, 0.05) is 10.2 Å². The average molecular weight is 301 g/mol. The molecule has 0 aliphatic heterocycles. The van der Waals surface area contributed by atoms with Gasteiger partial charge in [0.15, 0.2) is 0 Å². The van der Waals surface area contributed by atoms with Crippen LogP contribution in [0.5, 0.6) is 0 Å². The topological polar surface area (TPSA) is 92.4 Å². The SMILES string of the molecule is CC[C@H](NC(=O)c1ccc(Br)cc1N)C(=O)O. The molecule has 1 atom stereocenters. The predicted octanol–water partition coefficient (Wildman–Crippen LogP) is 1.62. The van der Waals surface area contributed by atoms with E-state index in [9.17, 15) is 9.59 Å². The Hall–Kier alpha value is -1.56. The minimum atomic E-state index is -1.06. The summed E-state index contributed by atoms with van der Waals surface area (Å²) in [5, 5.41) is 11.2. The molecule has 0 saturated carbocycles. The van der Waals surface area contributed by atoms with Crippen LogP contribution in [0, 0.1) is 0 Å². The van der Waals surface area contributed by atoms with E-state index in [1.165, 1.54) is 0 Å². The molecule has 0 saturated heterocycles. The van der Waals surface area contributed by atoms with Crippen molar-refractivity contribution in [3.63, 3.8) is 0 Å². The van der Waals surface area contributed by atoms with Gasteiger partial charge in [-0.25, -0.2) is 4.79 Å². The lowest BCUT2D eigenvalue weighted by atomic mass is 10.1. The number of carbonyl (C=O) groups excluding carboxylic acids is 1. The third-order valence-corrected chi connectivity index (χ3v) is 2.76. The van der Waals surface area contributed by atoms with Crippen LogP contribution in [0.25, 0.3) is 0 Å². The minimum Gasteiger partial charge on any atom is -0.480 e. The Kier molecular flexibility index (Phi) is 4.51. The minimum absolute atomic E-state index is 0.271. The van der Waals surface area contributed by atoms with Gasteiger partial charge >= 0.3 is 5.97 Å². The molecule has 17 heavy (non-hydrogen) atoms. The fraction of sp³-hybridized carbons (Fsp3) is 0.273. The zero-order valence-corrected chi connectivity index (χ0v) is 10.8. The molecule has 92 valence electrons. The second-order valence-corrected chi connectivity index (χ2v) is 4.42. The number of carbonyl (C=O) groups is 2. The molecule has 0 unspecified atom stereocenters. The molecule has 6 heteroatoms. The van der Waals surface area contributed by atoms with Crippen LogP contribution < -0.4 is 11.1 Å². The Morgan fingerprint density at radius 3 is 2.65 bits per heavy atom. The molecular weight excluding hydrogens is 288 g/mol. The Labute approximate surface area is 107 Å². The number of carboxylic acids is 1. The summed E-state index contributed by atoms with van der Waals surface area (Å²) in [4.78, 5) is 22.6. The van der Waals surface area contributed by atoms with E-state index in [1.54, 1.807) is 25.1 Å². The highest BCUT2D eigenvalue weighted by Crippen LogP contribution is 2.18. The quantitative estimate of drug-likeness (QED) is 0.737. The molecule has 0 aromatic heterocycles. The van der Waals surface area contributed by atoms with E-state index < -0.39 is 17.9 Å². The van der Waals surface area contributed by atoms with Crippen molar-refractivity contribution in [2.24, 2.45) is 0 Å². The molecule has 1 aromatic carbocycles. The number of aliphatic carboxylic acids is 1. The molecule has 0 heterocycles. The summed E-state index contributed by atoms with van der Waals surface area (Å²) in [5.74, 6) is -1.54. The highest BCUT2D eigenvalue weighted by atomic mass is 79.9. The van der Waals surface area contributed by atoms with Crippen LogP contribution in [-0.4, -0.2) is 23.0 Å². The number of carboxylic acid groups (broad SMARTS) is 1. The smallest absolute Gasteiger partial charge is 0.326 e. The Morgan fingerprint density at radius 2 is 2.18 bits per heavy atom. The van der Waals surface area contributed by atoms with Crippen molar-refractivity contribution in [3.05, 3.63) is 28.2 Å². The zero-order valence-electron chi connectivity index (χ0n) is 9.24. The summed E-state index contributed by atoms with van der Waals surface area (Å²) >= 11 is 3.23. The third kappa shape index (κ3) is 3.45. The van der Waals surface area contributed by atoms with Gasteiger partial charge in [0.25, 0.3) is 5.91 Å². The standard InChI is InChI=1S/C11H13BrN2O3/c1-2-9(11(16)17)14-10(15)7-4-3-6(12)5-8(7)13/h3-5,9H,2,13H2,1H3,(H,14,15)(H,16,17)/t9-/m0/s1. The fourth-order valence-electron chi connectivity index (χ4n) is 1.31. The van der Waals surface area contributed by atoms with Crippen LogP contribution in [0.2, 0.25) is 0 Å². The van der Waals surface area contributed by atoms with Crippen molar-refractivity contribution in [1.82, 2.24) is 5.32 Å². The van der Waals surface area contributed by atoms with E-state index in [4.69, 9.17) is 10.8 Å². The number of anilines is 1. The average Bonchev–Trinajstić information content (AvgIpc) is 2.24. The number of nitrogens with two attached hydrogens (primary N) is 1. The summed E-state index contributed by atoms with van der Waals surface area (Å²) in [7, 11) is 0. The van der Waals surface area contributed by atoms with Gasteiger partial charge < -0.3 is 16.2 Å². The van der Waals surface area contributed by atoms with Crippen LogP contribution >= 0.6 is 15.9 Å². The lowest BCUT2D eigenvalue weighted by Crippen LogP contribution is -2.40. The van der Waals surface area contributed by atoms with Crippen molar-refractivity contribution in [1.29, 1.82) is 0 Å². The number of amides is 1. The van der Waals surface area contributed by atoms with Gasteiger partial charge in [-0.3, -0.25) is 4.79 Å². The molecular formula is C11H13BrN2O3. The maximum atomic E-state index is 11.8. The second kappa shape index (κ2) is 5.67. The maximum Gasteiger partial charge on any atom is 0.326 e. The maximum absolute atomic E-state index is 11.8. The molecule has 0 spiro atoms. The zero-order chi connectivity index (χ0) is 13.0. The number of hydrogen-bond donors (Lipinski definition) is 3. The number of hydrogen-bond acceptors (Lipinski definition) is 3. The number of nitrogens with one attached hydrogen (secondary N) is 1. The van der Waals surface area contributed by atoms with Gasteiger partial charge in [-0.05, 0) is 24.6 Å². The fourth-order valence-corrected chi connectivity index (χ4v) is 1.69. The van der Waals surface area contributed by atoms with Crippen molar-refractivity contribution in [3.8, 4) is 0 Å². The first-order valence-corrected chi connectivity index (χ1v) is 5.83. The van der Waals surface area contributed by atoms with Crippen LogP contribution in [0.4, 0.5) is 5.69 Å². The van der Waals surface area contributed by atoms with Crippen molar-refractivity contribution in [2.45, 2.75) is 19.4 Å². The summed E-state index contributed by atoms with van der Waals surface area (Å²) in [5.41, 5.74) is 6.25. The molecule has 5 nitrogen and oxygen atoms in total. The Morgan fingerprint density at radius 1 is 1.53 bits per heavy atom. The highest BCUT2D eigenvalue weighted by molar-refractivity contribution is 9.10. The first-order chi connectivity index (χ1) is 7.95. The van der Waals surface area contributed by atoms with E-state index in [-0.39, 0.29) is 5.56 Å². The van der Waals surface area contributed by atoms with Gasteiger partial charge in [0.1, 0.15) is 6.04 Å². The monoisotopic (exact) mass is 300 g/mol. The van der Waals surface area contributed by atoms with Crippen molar-refractivity contribution < 1.29 is 14.7 Å². The first kappa shape index (κ1) is 13.5. The van der Waals surface area contributed by atoms with E-state index >= 15 is 0 Å². The van der Waals surface area contributed by atoms with Crippen molar-refractivity contribution >= 4 is 33.5 Å². The molecule has 0 aliphatic carbocycles. The molecule has 1 amide bonds. The van der Waals surface area contributed by atoms with Crippen molar-refractivity contribution in [2.75, 3.05) is 5.73 Å². The molecule has 0 fully saturated rings. The molecule has 0 aliphatic rings. The second-order valence-electron chi connectivity index (χ2n) is 3.50. The molecule has 0 bridgehead atoms. The summed E-state index contributed by atoms with van der Waals surface area (Å²) < 4.78 is 0.761. The van der Waals surface area contributed by atoms with E-state index in [0.717, 1.165) is 4.47 Å². The van der Waals surface area contributed by atoms with Gasteiger partial charge in [0.05, 0.1) is 5.56 Å². The van der Waals surface area contributed by atoms with Crippen LogP contribution in [-0.2, 0) is 4.79 Å². The summed E-state index contributed by atoms with van der Waals surface area (Å²) in [6, 6.07) is 3.91. The van der Waals surface area contributed by atoms with Gasteiger partial charge in [-0.15, -0.1) is 0 Å². The van der Waals surface area contributed by atoms with Crippen LogP contribution in [0.3, 0.4) is 0 Å². The number of halogens is 1. The number of nitrogen functional groups attached to an aromatic ring is 1. The largest absolute Gasteiger partial charge is 0.480 e. The molecule has 4 N–H and O–H groups in total. The van der Waals surface area contributed by atoms with E-state index in [2.05, 4.69) is 21.2 Å². The molecule has 0 radical (unpaired) electrons. The Balaban J connectivity index is 2.86. The van der Waals surface area contributed by atoms with Crippen LogP contribution in [0.1, 0.15) is 23.7 Å². The van der Waals surface area contributed by atoms with Gasteiger partial charge in [-0.1, -0.05) is 22.9 Å². The predicted molar refractivity (Wildman–Crippen MR) is 67.7 cm³/mol. The Bertz CT molecular complexity index is 448. The summed E-state index contributed by atoms with van der Waals surface area (Å²) in [6.45, 7) is 1.68. The van der Waals surface area contributed by atoms with Gasteiger partial charge in [-0.2, -0.15) is 0 Å². The van der Waals surface area contributed by atoms with Crippen LogP contribution in [0.15, 0.2) is 22.7 Å². The summed E-state index contributed by atoms with van der Waals surface area (Å²) in [6.07, 6.45) is 0.317.